The third-order valence-electron chi connectivity index (χ3n) is 4.32. The SMILES string of the molecule is CC(C)(C)S(=O)(=O)CCN1Cc2ccccc2CC1CN. The van der Waals surface area contributed by atoms with Gasteiger partial charge < -0.3 is 5.73 Å². The number of sulfone groups is 1. The van der Waals surface area contributed by atoms with E-state index in [4.69, 9.17) is 5.73 Å². The third kappa shape index (κ3) is 3.65. The molecule has 0 fully saturated rings. The van der Waals surface area contributed by atoms with Crippen LogP contribution in [0.2, 0.25) is 0 Å². The summed E-state index contributed by atoms with van der Waals surface area (Å²) < 4.78 is 23.9. The Morgan fingerprint density at radius 3 is 2.43 bits per heavy atom. The maximum Gasteiger partial charge on any atom is 0.156 e. The lowest BCUT2D eigenvalue weighted by molar-refractivity contribution is 0.186. The molecule has 1 heterocycles. The van der Waals surface area contributed by atoms with Gasteiger partial charge >= 0.3 is 0 Å². The fraction of sp³-hybridized carbons (Fsp3) is 0.625. The molecule has 0 spiro atoms. The number of nitrogens with two attached hydrogens (primary N) is 1. The van der Waals surface area contributed by atoms with Crippen molar-refractivity contribution in [3.05, 3.63) is 35.4 Å². The molecule has 0 bridgehead atoms. The first-order valence-electron chi connectivity index (χ1n) is 7.48. The molecule has 0 aromatic heterocycles. The van der Waals surface area contributed by atoms with Crippen molar-refractivity contribution in [2.75, 3.05) is 18.8 Å². The number of benzene rings is 1. The van der Waals surface area contributed by atoms with E-state index in [0.29, 0.717) is 13.1 Å². The van der Waals surface area contributed by atoms with Gasteiger partial charge in [-0.3, -0.25) is 4.90 Å². The number of hydrogen-bond acceptors (Lipinski definition) is 4. The van der Waals surface area contributed by atoms with E-state index in [1.807, 2.05) is 12.1 Å². The molecule has 0 radical (unpaired) electrons. The van der Waals surface area contributed by atoms with E-state index in [9.17, 15) is 8.42 Å². The van der Waals surface area contributed by atoms with Gasteiger partial charge in [0.1, 0.15) is 0 Å². The second-order valence-electron chi connectivity index (χ2n) is 6.76. The molecule has 1 unspecified atom stereocenters. The van der Waals surface area contributed by atoms with Crippen LogP contribution in [0.3, 0.4) is 0 Å². The number of fused-ring (bicyclic) bond motifs is 1. The van der Waals surface area contributed by atoms with Crippen molar-refractivity contribution in [3.8, 4) is 0 Å². The van der Waals surface area contributed by atoms with Crippen LogP contribution in [0, 0.1) is 0 Å². The van der Waals surface area contributed by atoms with Gasteiger partial charge in [0.05, 0.1) is 10.5 Å². The van der Waals surface area contributed by atoms with Crippen LogP contribution >= 0.6 is 0 Å². The molecule has 2 rings (SSSR count). The van der Waals surface area contributed by atoms with Gasteiger partial charge in [0.2, 0.25) is 0 Å². The minimum absolute atomic E-state index is 0.190. The summed E-state index contributed by atoms with van der Waals surface area (Å²) in [6.45, 7) is 7.17. The van der Waals surface area contributed by atoms with Gasteiger partial charge in [-0.05, 0) is 38.3 Å². The van der Waals surface area contributed by atoms with Crippen LogP contribution in [0.25, 0.3) is 0 Å². The van der Waals surface area contributed by atoms with Gasteiger partial charge in [0.15, 0.2) is 9.84 Å². The van der Waals surface area contributed by atoms with E-state index in [1.54, 1.807) is 20.8 Å². The summed E-state index contributed by atoms with van der Waals surface area (Å²) in [6.07, 6.45) is 0.905. The maximum absolute atomic E-state index is 12.3. The zero-order chi connectivity index (χ0) is 15.7. The molecule has 21 heavy (non-hydrogen) atoms. The standard InChI is InChI=1S/C16H26N2O2S/c1-16(2,3)21(19,20)9-8-18-12-14-7-5-4-6-13(14)10-15(18)11-17/h4-7,15H,8-12,17H2,1-3H3. The molecule has 1 aliphatic rings. The Kier molecular flexibility index (Phi) is 4.76. The highest BCUT2D eigenvalue weighted by Gasteiger charge is 2.31. The van der Waals surface area contributed by atoms with Crippen LogP contribution in [0.15, 0.2) is 24.3 Å². The van der Waals surface area contributed by atoms with Crippen LogP contribution < -0.4 is 5.73 Å². The lowest BCUT2D eigenvalue weighted by Crippen LogP contribution is -2.47. The molecular weight excluding hydrogens is 284 g/mol. The topological polar surface area (TPSA) is 63.4 Å². The smallest absolute Gasteiger partial charge is 0.156 e. The Labute approximate surface area is 128 Å². The summed E-state index contributed by atoms with van der Waals surface area (Å²) in [5.74, 6) is 0.190. The highest BCUT2D eigenvalue weighted by molar-refractivity contribution is 7.92. The summed E-state index contributed by atoms with van der Waals surface area (Å²) >= 11 is 0. The number of nitrogens with zero attached hydrogens (tertiary/aromatic N) is 1. The molecule has 118 valence electrons. The monoisotopic (exact) mass is 310 g/mol. The fourth-order valence-corrected chi connectivity index (χ4v) is 3.77. The molecule has 5 heteroatoms. The van der Waals surface area contributed by atoms with Gasteiger partial charge in [0.25, 0.3) is 0 Å². The average molecular weight is 310 g/mol. The lowest BCUT2D eigenvalue weighted by atomic mass is 9.94. The van der Waals surface area contributed by atoms with Gasteiger partial charge in [-0.25, -0.2) is 8.42 Å². The molecule has 1 aromatic carbocycles. The minimum Gasteiger partial charge on any atom is -0.329 e. The van der Waals surface area contributed by atoms with Crippen molar-refractivity contribution >= 4 is 9.84 Å². The average Bonchev–Trinajstić information content (AvgIpc) is 2.42. The second-order valence-corrected chi connectivity index (χ2v) is 9.63. The molecule has 0 amide bonds. The summed E-state index contributed by atoms with van der Waals surface area (Å²) in [5, 5.41) is 0. The van der Waals surface area contributed by atoms with E-state index < -0.39 is 14.6 Å². The molecule has 4 nitrogen and oxygen atoms in total. The maximum atomic E-state index is 12.3. The van der Waals surface area contributed by atoms with Crippen molar-refractivity contribution in [2.45, 2.75) is 44.5 Å². The molecule has 1 aliphatic heterocycles. The van der Waals surface area contributed by atoms with E-state index in [-0.39, 0.29) is 11.8 Å². The quantitative estimate of drug-likeness (QED) is 0.917. The molecule has 0 saturated carbocycles. The molecule has 1 atom stereocenters. The first kappa shape index (κ1) is 16.5. The Balaban J connectivity index is 2.10. The van der Waals surface area contributed by atoms with E-state index >= 15 is 0 Å². The second kappa shape index (κ2) is 6.07. The largest absolute Gasteiger partial charge is 0.329 e. The Hall–Kier alpha value is -0.910. The summed E-state index contributed by atoms with van der Waals surface area (Å²) in [5.41, 5.74) is 8.51. The van der Waals surface area contributed by atoms with Crippen molar-refractivity contribution < 1.29 is 8.42 Å². The predicted molar refractivity (Wildman–Crippen MR) is 86.9 cm³/mol. The molecule has 2 N–H and O–H groups in total. The van der Waals surface area contributed by atoms with Gasteiger partial charge in [0, 0.05) is 25.7 Å². The van der Waals surface area contributed by atoms with Crippen LogP contribution in [-0.4, -0.2) is 42.9 Å². The first-order chi connectivity index (χ1) is 9.74. The van der Waals surface area contributed by atoms with Crippen LogP contribution in [0.4, 0.5) is 0 Å². The van der Waals surface area contributed by atoms with Crippen molar-refractivity contribution in [1.29, 1.82) is 0 Å². The van der Waals surface area contributed by atoms with E-state index in [0.717, 1.165) is 13.0 Å². The predicted octanol–water partition coefficient (Wildman–Crippen LogP) is 1.59. The van der Waals surface area contributed by atoms with Gasteiger partial charge in [-0.15, -0.1) is 0 Å². The van der Waals surface area contributed by atoms with Crippen LogP contribution in [0.5, 0.6) is 0 Å². The summed E-state index contributed by atoms with van der Waals surface area (Å²) in [4.78, 5) is 2.21. The lowest BCUT2D eigenvalue weighted by Gasteiger charge is -2.36. The molecular formula is C16H26N2O2S. The first-order valence-corrected chi connectivity index (χ1v) is 9.13. The van der Waals surface area contributed by atoms with Crippen molar-refractivity contribution in [1.82, 2.24) is 4.90 Å². The Morgan fingerprint density at radius 2 is 1.86 bits per heavy atom. The molecule has 0 saturated heterocycles. The van der Waals surface area contributed by atoms with Gasteiger partial charge in [-0.2, -0.15) is 0 Å². The fourth-order valence-electron chi connectivity index (χ4n) is 2.68. The van der Waals surface area contributed by atoms with Crippen LogP contribution in [-0.2, 0) is 22.8 Å². The molecule has 1 aromatic rings. The van der Waals surface area contributed by atoms with Crippen molar-refractivity contribution in [2.24, 2.45) is 5.73 Å². The van der Waals surface area contributed by atoms with E-state index in [1.165, 1.54) is 11.1 Å². The Morgan fingerprint density at radius 1 is 1.24 bits per heavy atom. The van der Waals surface area contributed by atoms with Crippen LogP contribution in [0.1, 0.15) is 31.9 Å². The van der Waals surface area contributed by atoms with E-state index in [2.05, 4.69) is 17.0 Å². The number of rotatable bonds is 4. The normalized spacial score (nSPS) is 20.3. The zero-order valence-corrected chi connectivity index (χ0v) is 14.0. The summed E-state index contributed by atoms with van der Waals surface area (Å²) in [7, 11) is -3.09. The van der Waals surface area contributed by atoms with Gasteiger partial charge in [-0.1, -0.05) is 24.3 Å². The summed E-state index contributed by atoms with van der Waals surface area (Å²) in [6, 6.07) is 8.57. The molecule has 0 aliphatic carbocycles. The minimum atomic E-state index is -3.09. The third-order valence-corrected chi connectivity index (χ3v) is 6.90. The van der Waals surface area contributed by atoms with Crippen molar-refractivity contribution in [3.63, 3.8) is 0 Å². The number of hydrogen-bond donors (Lipinski definition) is 1. The Bertz CT molecular complexity index is 591. The zero-order valence-electron chi connectivity index (χ0n) is 13.2. The highest BCUT2D eigenvalue weighted by Crippen LogP contribution is 2.23. The highest BCUT2D eigenvalue weighted by atomic mass is 32.2.